The maximum absolute atomic E-state index is 12.9. The third kappa shape index (κ3) is 5.89. The van der Waals surface area contributed by atoms with Gasteiger partial charge in [0.2, 0.25) is 11.8 Å². The van der Waals surface area contributed by atoms with E-state index in [0.717, 1.165) is 88.6 Å². The summed E-state index contributed by atoms with van der Waals surface area (Å²) in [5.41, 5.74) is 2.09. The second-order valence-electron chi connectivity index (χ2n) is 17.5. The molecular formula is C38H63N5O3. The third-order valence-electron chi connectivity index (χ3n) is 14.8. The number of amides is 2. The van der Waals surface area contributed by atoms with Gasteiger partial charge >= 0.3 is 0 Å². The van der Waals surface area contributed by atoms with Crippen molar-refractivity contribution in [1.29, 1.82) is 0 Å². The first-order chi connectivity index (χ1) is 22.0. The molecule has 3 saturated carbocycles. The maximum Gasteiger partial charge on any atom is 0.229 e. The number of piperazine rings is 1. The van der Waals surface area contributed by atoms with Crippen LogP contribution < -0.4 is 16.0 Å². The van der Waals surface area contributed by atoms with Crippen LogP contribution in [0.3, 0.4) is 0 Å². The lowest BCUT2D eigenvalue weighted by Gasteiger charge is -2.58. The van der Waals surface area contributed by atoms with E-state index in [2.05, 4.69) is 66.6 Å². The predicted octanol–water partition coefficient (Wildman–Crippen LogP) is 4.55. The first-order valence-corrected chi connectivity index (χ1v) is 19.1. The minimum absolute atomic E-state index is 0.0645. The summed E-state index contributed by atoms with van der Waals surface area (Å²) < 4.78 is 7.08. The number of nitrogens with one attached hydrogen (secondary N) is 3. The minimum Gasteiger partial charge on any atom is -0.357 e. The Hall–Kier alpha value is -1.48. The Balaban J connectivity index is 0.905. The number of rotatable bonds is 7. The van der Waals surface area contributed by atoms with Gasteiger partial charge in [-0.05, 0) is 118 Å². The van der Waals surface area contributed by atoms with Crippen molar-refractivity contribution in [3.63, 3.8) is 0 Å². The zero-order valence-corrected chi connectivity index (χ0v) is 29.5. The molecular weight excluding hydrogens is 574 g/mol. The van der Waals surface area contributed by atoms with Gasteiger partial charge in [-0.15, -0.1) is 0 Å². The number of hydrogen-bond donors (Lipinski definition) is 3. The van der Waals surface area contributed by atoms with Crippen LogP contribution in [0.5, 0.6) is 0 Å². The van der Waals surface area contributed by atoms with Gasteiger partial charge in [-0.2, -0.15) is 0 Å². The molecule has 3 aliphatic heterocycles. The zero-order chi connectivity index (χ0) is 32.3. The standard InChI is InChI=1S/C38H63N5O3/c1-25-9-14-38(40-24-25)26(2)35-32(46-38)22-31-29-8-7-27-21-28(10-12-36(27,3)30(29)11-13-37(31,35)4)41-34(45)23-33(44)39-15-6-16-43-19-17-42(5)18-20-43/h7,25-26,28-32,35,40H,6,8-24H2,1-5H3,(H,39,44)(H,41,45)/t25-,26+,28+,29-,30+,31+,32+,35+,36+,37+,38-/m1/s1. The summed E-state index contributed by atoms with van der Waals surface area (Å²) in [4.78, 5) is 30.2. The minimum atomic E-state index is -0.152. The number of allylic oxidation sites excluding steroid dienone is 1. The van der Waals surface area contributed by atoms with Crippen LogP contribution in [-0.2, 0) is 14.3 Å². The highest BCUT2D eigenvalue weighted by Crippen LogP contribution is 2.70. The van der Waals surface area contributed by atoms with Gasteiger partial charge in [-0.25, -0.2) is 0 Å². The number of carbonyl (C=O) groups excluding carboxylic acids is 2. The molecule has 258 valence electrons. The van der Waals surface area contributed by atoms with Crippen molar-refractivity contribution < 1.29 is 14.3 Å². The molecule has 0 bridgehead atoms. The second kappa shape index (κ2) is 12.8. The average Bonchev–Trinajstić information content (AvgIpc) is 3.47. The van der Waals surface area contributed by atoms with Crippen molar-refractivity contribution in [3.05, 3.63) is 11.6 Å². The Morgan fingerprint density at radius 1 is 1.02 bits per heavy atom. The zero-order valence-electron chi connectivity index (χ0n) is 29.5. The van der Waals surface area contributed by atoms with Crippen LogP contribution in [0.2, 0.25) is 0 Å². The van der Waals surface area contributed by atoms with Crippen LogP contribution in [0.15, 0.2) is 11.6 Å². The normalized spacial score (nSPS) is 45.7. The van der Waals surface area contributed by atoms with Crippen molar-refractivity contribution >= 4 is 11.8 Å². The second-order valence-corrected chi connectivity index (χ2v) is 17.5. The Morgan fingerprint density at radius 2 is 1.83 bits per heavy atom. The summed E-state index contributed by atoms with van der Waals surface area (Å²) in [7, 11) is 2.17. The van der Waals surface area contributed by atoms with Crippen molar-refractivity contribution in [1.82, 2.24) is 25.8 Å². The number of fused-ring (bicyclic) bond motifs is 7. The van der Waals surface area contributed by atoms with Crippen LogP contribution in [0.25, 0.3) is 0 Å². The molecule has 0 aromatic rings. The quantitative estimate of drug-likeness (QED) is 0.216. The van der Waals surface area contributed by atoms with E-state index in [0.29, 0.717) is 29.9 Å². The van der Waals surface area contributed by atoms with Gasteiger partial charge in [0.15, 0.2) is 0 Å². The average molecular weight is 638 g/mol. The van der Waals surface area contributed by atoms with E-state index in [1.165, 1.54) is 38.5 Å². The summed E-state index contributed by atoms with van der Waals surface area (Å²) in [6, 6.07) is 0.143. The van der Waals surface area contributed by atoms with Crippen molar-refractivity contribution in [2.75, 3.05) is 52.9 Å². The molecule has 3 heterocycles. The van der Waals surface area contributed by atoms with Gasteiger partial charge in [0.05, 0.1) is 6.10 Å². The highest BCUT2D eigenvalue weighted by molar-refractivity contribution is 5.96. The smallest absolute Gasteiger partial charge is 0.229 e. The first-order valence-electron chi connectivity index (χ1n) is 19.1. The molecule has 1 spiro atoms. The summed E-state index contributed by atoms with van der Waals surface area (Å²) in [5.74, 6) is 3.93. The number of hydrogen-bond acceptors (Lipinski definition) is 6. The fraction of sp³-hybridized carbons (Fsp3) is 0.895. The first kappa shape index (κ1) is 33.0. The van der Waals surface area contributed by atoms with Crippen LogP contribution in [0.1, 0.15) is 98.3 Å². The molecule has 0 unspecified atom stereocenters. The molecule has 8 nitrogen and oxygen atoms in total. The summed E-state index contributed by atoms with van der Waals surface area (Å²) in [5, 5.41) is 10.1. The van der Waals surface area contributed by atoms with Gasteiger partial charge in [-0.1, -0.05) is 39.3 Å². The fourth-order valence-corrected chi connectivity index (χ4v) is 12.1. The monoisotopic (exact) mass is 637 g/mol. The van der Waals surface area contributed by atoms with E-state index in [9.17, 15) is 9.59 Å². The molecule has 6 fully saturated rings. The lowest BCUT2D eigenvalue weighted by molar-refractivity contribution is -0.129. The predicted molar refractivity (Wildman–Crippen MR) is 182 cm³/mol. The molecule has 3 saturated heterocycles. The Morgan fingerprint density at radius 3 is 2.59 bits per heavy atom. The maximum atomic E-state index is 12.9. The molecule has 7 rings (SSSR count). The molecule has 7 aliphatic rings. The number of ether oxygens (including phenoxy) is 1. The highest BCUT2D eigenvalue weighted by atomic mass is 16.5. The summed E-state index contributed by atoms with van der Waals surface area (Å²) >= 11 is 0. The van der Waals surface area contributed by atoms with Crippen LogP contribution >= 0.6 is 0 Å². The van der Waals surface area contributed by atoms with Crippen molar-refractivity contribution in [2.24, 2.45) is 46.3 Å². The Kier molecular flexibility index (Phi) is 9.17. The Labute approximate surface area is 278 Å². The number of likely N-dealkylation sites (N-methyl/N-ethyl adjacent to an activating group) is 1. The Bertz CT molecular complexity index is 1170. The van der Waals surface area contributed by atoms with E-state index < -0.39 is 0 Å². The molecule has 8 heteroatoms. The highest BCUT2D eigenvalue weighted by Gasteiger charge is 2.68. The van der Waals surface area contributed by atoms with Gasteiger partial charge in [0.1, 0.15) is 12.1 Å². The van der Waals surface area contributed by atoms with Gasteiger partial charge in [0.25, 0.3) is 0 Å². The van der Waals surface area contributed by atoms with Crippen molar-refractivity contribution in [3.8, 4) is 0 Å². The largest absolute Gasteiger partial charge is 0.357 e. The van der Waals surface area contributed by atoms with Gasteiger partial charge in [-0.3, -0.25) is 14.9 Å². The lowest BCUT2D eigenvalue weighted by Crippen LogP contribution is -2.57. The van der Waals surface area contributed by atoms with Crippen LogP contribution in [0.4, 0.5) is 0 Å². The molecule has 0 radical (unpaired) electrons. The fourth-order valence-electron chi connectivity index (χ4n) is 12.1. The molecule has 3 N–H and O–H groups in total. The number of piperidine rings is 1. The lowest BCUT2D eigenvalue weighted by atomic mass is 9.46. The third-order valence-corrected chi connectivity index (χ3v) is 14.8. The van der Waals surface area contributed by atoms with E-state index in [1.807, 2.05) is 0 Å². The van der Waals surface area contributed by atoms with E-state index in [1.54, 1.807) is 5.57 Å². The topological polar surface area (TPSA) is 85.9 Å². The SMILES string of the molecule is C[C@@H]1CC[C@@]2(NC1)O[C@H]1C[C@H]3[C@@H]4CC=C5C[C@@H](NC(=O)CC(=O)NCCCN6CCN(C)CC6)CC[C@]5(C)[C@H]4CC[C@]3(C)[C@H]1[C@@H]2C. The molecule has 46 heavy (non-hydrogen) atoms. The van der Waals surface area contributed by atoms with E-state index in [4.69, 9.17) is 4.74 Å². The van der Waals surface area contributed by atoms with Crippen molar-refractivity contribution in [2.45, 2.75) is 116 Å². The summed E-state index contributed by atoms with van der Waals surface area (Å²) in [6.07, 6.45) is 14.5. The molecule has 2 amide bonds. The van der Waals surface area contributed by atoms with Gasteiger partial charge in [0, 0.05) is 51.2 Å². The molecule has 0 aromatic heterocycles. The van der Waals surface area contributed by atoms with Crippen LogP contribution in [0, 0.1) is 46.3 Å². The van der Waals surface area contributed by atoms with E-state index >= 15 is 0 Å². The molecule has 4 aliphatic carbocycles. The molecule has 0 aromatic carbocycles. The van der Waals surface area contributed by atoms with Gasteiger partial charge < -0.3 is 25.2 Å². The number of nitrogens with zero attached hydrogens (tertiary/aromatic N) is 2. The molecule has 11 atom stereocenters. The van der Waals surface area contributed by atoms with E-state index in [-0.39, 0.29) is 35.4 Å². The summed E-state index contributed by atoms with van der Waals surface area (Å²) in [6.45, 7) is 17.2. The number of carbonyl (C=O) groups is 2. The van der Waals surface area contributed by atoms with Crippen LogP contribution in [-0.4, -0.2) is 92.3 Å².